The number of anilines is 2. The molecule has 1 aliphatic carbocycles. The molecule has 0 aromatic carbocycles. The van der Waals surface area contributed by atoms with Crippen molar-refractivity contribution in [1.29, 1.82) is 0 Å². The van der Waals surface area contributed by atoms with E-state index in [1.807, 2.05) is 6.07 Å². The van der Waals surface area contributed by atoms with Crippen LogP contribution in [0.4, 0.5) is 16.4 Å². The van der Waals surface area contributed by atoms with Crippen molar-refractivity contribution in [2.45, 2.75) is 31.7 Å². The zero-order valence-electron chi connectivity index (χ0n) is 15.9. The number of aliphatic hydroxyl groups excluding tert-OH is 1. The Morgan fingerprint density at radius 1 is 1.28 bits per heavy atom. The summed E-state index contributed by atoms with van der Waals surface area (Å²) in [7, 11) is 0. The molecule has 10 nitrogen and oxygen atoms in total. The minimum atomic E-state index is -0.541. The number of carbonyl (C=O) groups excluding carboxylic acids is 2. The molecule has 152 valence electrons. The largest absolute Gasteiger partial charge is 0.394 e. The van der Waals surface area contributed by atoms with Crippen molar-refractivity contribution in [2.75, 3.05) is 29.9 Å². The molecule has 2 aliphatic heterocycles. The van der Waals surface area contributed by atoms with Crippen molar-refractivity contribution >= 4 is 35.3 Å². The third-order valence-corrected chi connectivity index (χ3v) is 5.66. The van der Waals surface area contributed by atoms with Gasteiger partial charge in [0.2, 0.25) is 0 Å². The second-order valence-corrected chi connectivity index (χ2v) is 7.80. The molecule has 2 aromatic heterocycles. The van der Waals surface area contributed by atoms with Gasteiger partial charge in [0, 0.05) is 24.7 Å². The highest BCUT2D eigenvalue weighted by Crippen LogP contribution is 2.31. The maximum atomic E-state index is 11.9. The lowest BCUT2D eigenvalue weighted by atomic mass is 10.2. The average Bonchev–Trinajstić information content (AvgIpc) is 3.11. The average molecular weight is 397 g/mol. The molecule has 2 saturated heterocycles. The quantitative estimate of drug-likeness (QED) is 0.418. The minimum Gasteiger partial charge on any atom is -0.394 e. The molecule has 4 heterocycles. The first kappa shape index (κ1) is 17.9. The zero-order valence-corrected chi connectivity index (χ0v) is 15.9. The first-order valence-corrected chi connectivity index (χ1v) is 9.96. The van der Waals surface area contributed by atoms with E-state index < -0.39 is 11.9 Å². The van der Waals surface area contributed by atoms with E-state index in [-0.39, 0.29) is 18.3 Å². The maximum absolute atomic E-state index is 11.9. The molecule has 2 aromatic rings. The Hall–Kier alpha value is -3.14. The predicted molar refractivity (Wildman–Crippen MR) is 106 cm³/mol. The Bertz CT molecular complexity index is 1010. The van der Waals surface area contributed by atoms with Crippen molar-refractivity contribution < 1.29 is 14.7 Å². The van der Waals surface area contributed by atoms with Gasteiger partial charge in [-0.15, -0.1) is 0 Å². The Labute approximate surface area is 167 Å². The van der Waals surface area contributed by atoms with Gasteiger partial charge in [-0.05, 0) is 37.7 Å². The van der Waals surface area contributed by atoms with Crippen molar-refractivity contribution in [3.05, 3.63) is 23.5 Å². The number of hydrogen-bond acceptors (Lipinski definition) is 7. The molecule has 0 unspecified atom stereocenters. The van der Waals surface area contributed by atoms with Gasteiger partial charge in [-0.3, -0.25) is 10.1 Å². The third-order valence-electron chi connectivity index (χ3n) is 5.66. The van der Waals surface area contributed by atoms with Gasteiger partial charge in [-0.25, -0.2) is 9.78 Å². The molecule has 1 atom stereocenters. The second-order valence-electron chi connectivity index (χ2n) is 7.80. The number of urea groups is 1. The van der Waals surface area contributed by atoms with Crippen LogP contribution < -0.4 is 20.9 Å². The summed E-state index contributed by atoms with van der Waals surface area (Å²) in [5.41, 5.74) is 1.39. The number of hydrogen-bond donors (Lipinski definition) is 4. The van der Waals surface area contributed by atoms with Gasteiger partial charge in [0.1, 0.15) is 17.3 Å². The number of carbonyl (C=O) groups is 2. The van der Waals surface area contributed by atoms with Crippen LogP contribution in [0.25, 0.3) is 11.7 Å². The topological polar surface area (TPSA) is 124 Å². The van der Waals surface area contributed by atoms with Gasteiger partial charge in [0.15, 0.2) is 5.65 Å². The van der Waals surface area contributed by atoms with Gasteiger partial charge in [0.25, 0.3) is 5.91 Å². The number of fused-ring (bicyclic) bond motifs is 1. The van der Waals surface area contributed by atoms with Gasteiger partial charge < -0.3 is 20.6 Å². The maximum Gasteiger partial charge on any atom is 0.326 e. The molecule has 3 aliphatic rings. The van der Waals surface area contributed by atoms with E-state index in [2.05, 4.69) is 25.9 Å². The number of amides is 3. The fourth-order valence-corrected chi connectivity index (χ4v) is 3.88. The van der Waals surface area contributed by atoms with Crippen LogP contribution in [0, 0.1) is 5.92 Å². The van der Waals surface area contributed by atoms with Gasteiger partial charge in [0.05, 0.1) is 18.8 Å². The molecule has 5 rings (SSSR count). The van der Waals surface area contributed by atoms with Crippen molar-refractivity contribution in [3.63, 3.8) is 0 Å². The molecule has 10 heteroatoms. The standard InChI is InChI=1S/C19H23N7O3/c27-10-13-2-1-5-25(13)16-7-15(20-8-11-3-4-11)26-17(23-16)12(9-21-26)6-14-18(28)24-19(29)22-14/h6-7,9,11,13,20,27H,1-5,8,10H2,(H2,22,24,28,29)/b14-6-/t13-/m1/s1. The number of nitrogens with zero attached hydrogens (tertiary/aromatic N) is 4. The highest BCUT2D eigenvalue weighted by molar-refractivity contribution is 6.14. The Kier molecular flexibility index (Phi) is 4.35. The number of rotatable bonds is 6. The lowest BCUT2D eigenvalue weighted by Crippen LogP contribution is -2.33. The van der Waals surface area contributed by atoms with Gasteiger partial charge in [-0.1, -0.05) is 0 Å². The first-order valence-electron chi connectivity index (χ1n) is 9.96. The Morgan fingerprint density at radius 3 is 2.86 bits per heavy atom. The summed E-state index contributed by atoms with van der Waals surface area (Å²) < 4.78 is 1.72. The normalized spacial score (nSPS) is 23.1. The third kappa shape index (κ3) is 3.39. The van der Waals surface area contributed by atoms with Crippen LogP contribution in [-0.4, -0.2) is 57.4 Å². The van der Waals surface area contributed by atoms with Crippen molar-refractivity contribution in [1.82, 2.24) is 25.2 Å². The molecule has 3 amide bonds. The Morgan fingerprint density at radius 2 is 2.14 bits per heavy atom. The van der Waals surface area contributed by atoms with Crippen LogP contribution in [0.2, 0.25) is 0 Å². The molecule has 0 bridgehead atoms. The highest BCUT2D eigenvalue weighted by Gasteiger charge is 2.28. The second kappa shape index (κ2) is 7.03. The van der Waals surface area contributed by atoms with Crippen molar-refractivity contribution in [3.8, 4) is 0 Å². The summed E-state index contributed by atoms with van der Waals surface area (Å²) >= 11 is 0. The summed E-state index contributed by atoms with van der Waals surface area (Å²) in [4.78, 5) is 30.2. The van der Waals surface area contributed by atoms with Crippen LogP contribution in [0.3, 0.4) is 0 Å². The van der Waals surface area contributed by atoms with Gasteiger partial charge >= 0.3 is 6.03 Å². The molecular weight excluding hydrogens is 374 g/mol. The minimum absolute atomic E-state index is 0.0471. The lowest BCUT2D eigenvalue weighted by Gasteiger charge is -2.25. The molecule has 1 saturated carbocycles. The van der Waals surface area contributed by atoms with Gasteiger partial charge in [-0.2, -0.15) is 9.61 Å². The van der Waals surface area contributed by atoms with E-state index in [4.69, 9.17) is 4.98 Å². The van der Waals surface area contributed by atoms with Crippen LogP contribution in [-0.2, 0) is 4.79 Å². The molecule has 0 radical (unpaired) electrons. The van der Waals surface area contributed by atoms with Crippen LogP contribution in [0.1, 0.15) is 31.2 Å². The van der Waals surface area contributed by atoms with E-state index in [1.165, 1.54) is 12.8 Å². The fourth-order valence-electron chi connectivity index (χ4n) is 3.88. The monoisotopic (exact) mass is 397 g/mol. The van der Waals surface area contributed by atoms with Crippen LogP contribution >= 0.6 is 0 Å². The summed E-state index contributed by atoms with van der Waals surface area (Å²) in [6.45, 7) is 1.79. The zero-order chi connectivity index (χ0) is 20.0. The van der Waals surface area contributed by atoms with E-state index in [0.717, 1.165) is 37.6 Å². The van der Waals surface area contributed by atoms with Crippen LogP contribution in [0.15, 0.2) is 18.0 Å². The number of imide groups is 1. The summed E-state index contributed by atoms with van der Waals surface area (Å²) in [6.07, 6.45) is 7.61. The number of nitrogens with one attached hydrogen (secondary N) is 3. The van der Waals surface area contributed by atoms with E-state index >= 15 is 0 Å². The van der Waals surface area contributed by atoms with Crippen molar-refractivity contribution in [2.24, 2.45) is 5.92 Å². The summed E-state index contributed by atoms with van der Waals surface area (Å²) in [6, 6.07) is 1.48. The highest BCUT2D eigenvalue weighted by atomic mass is 16.3. The van der Waals surface area contributed by atoms with E-state index in [9.17, 15) is 14.7 Å². The van der Waals surface area contributed by atoms with E-state index in [0.29, 0.717) is 17.1 Å². The molecule has 3 fully saturated rings. The molecule has 0 spiro atoms. The summed E-state index contributed by atoms with van der Waals surface area (Å²) in [5.74, 6) is 1.81. The molecule has 4 N–H and O–H groups in total. The fraction of sp³-hybridized carbons (Fsp3) is 0.474. The molecule has 29 heavy (non-hydrogen) atoms. The van der Waals surface area contributed by atoms with Crippen LogP contribution in [0.5, 0.6) is 0 Å². The molecular formula is C19H23N7O3. The first-order chi connectivity index (χ1) is 14.1. The number of aliphatic hydroxyl groups is 1. The predicted octanol–water partition coefficient (Wildman–Crippen LogP) is 0.693. The lowest BCUT2D eigenvalue weighted by molar-refractivity contribution is -0.115. The summed E-state index contributed by atoms with van der Waals surface area (Å²) in [5, 5.41) is 22.3. The number of aromatic nitrogens is 3. The Balaban J connectivity index is 1.57. The SMILES string of the molecule is O=C1NC(=O)/C(=C/c2cnn3c(NCC4CC4)cc(N4CCC[C@@H]4CO)nc23)N1. The smallest absolute Gasteiger partial charge is 0.326 e. The van der Waals surface area contributed by atoms with E-state index in [1.54, 1.807) is 16.8 Å².